The van der Waals surface area contributed by atoms with Crippen molar-refractivity contribution in [2.75, 3.05) is 6.54 Å². The molecule has 0 atom stereocenters. The van der Waals surface area contributed by atoms with Gasteiger partial charge < -0.3 is 4.90 Å². The lowest BCUT2D eigenvalue weighted by Crippen LogP contribution is -2.33. The second-order valence-electron chi connectivity index (χ2n) is 7.42. The minimum Gasteiger partial charge on any atom is -0.335 e. The topological polar surface area (TPSA) is 53.0 Å². The Hall–Kier alpha value is -2.95. The molecule has 2 aliphatic rings. The van der Waals surface area contributed by atoms with Crippen LogP contribution in [0, 0.1) is 0 Å². The summed E-state index contributed by atoms with van der Waals surface area (Å²) in [6.07, 6.45) is 3.33. The number of hydrazone groups is 1. The van der Waals surface area contributed by atoms with Crippen molar-refractivity contribution in [3.63, 3.8) is 0 Å². The van der Waals surface area contributed by atoms with Gasteiger partial charge in [-0.15, -0.1) is 0 Å². The molecule has 1 aliphatic carbocycles. The highest BCUT2D eigenvalue weighted by Gasteiger charge is 2.33. The first-order chi connectivity index (χ1) is 13.7. The van der Waals surface area contributed by atoms with Gasteiger partial charge in [-0.05, 0) is 24.0 Å². The van der Waals surface area contributed by atoms with Gasteiger partial charge >= 0.3 is 0 Å². The summed E-state index contributed by atoms with van der Waals surface area (Å²) in [5.74, 6) is -0.0131. The standard InChI is InChI=1S/C23H25N3O2/c27-22(25(20-11-12-20)17-18-7-3-1-4-8-18)13-14-23(28)26-16-15-21(24-26)19-9-5-2-6-10-19/h1-10,20H,11-17H2. The van der Waals surface area contributed by atoms with Crippen LogP contribution in [0.1, 0.15) is 43.2 Å². The van der Waals surface area contributed by atoms with E-state index >= 15 is 0 Å². The Balaban J connectivity index is 1.32. The summed E-state index contributed by atoms with van der Waals surface area (Å²) in [6.45, 7) is 1.21. The van der Waals surface area contributed by atoms with Crippen LogP contribution in [0.25, 0.3) is 0 Å². The first-order valence-corrected chi connectivity index (χ1v) is 9.97. The Morgan fingerprint density at radius 3 is 2.32 bits per heavy atom. The summed E-state index contributed by atoms with van der Waals surface area (Å²) in [5.41, 5.74) is 3.12. The van der Waals surface area contributed by atoms with Gasteiger partial charge in [0, 0.05) is 31.8 Å². The molecule has 1 heterocycles. The molecule has 28 heavy (non-hydrogen) atoms. The first-order valence-electron chi connectivity index (χ1n) is 9.97. The number of rotatable bonds is 7. The molecular formula is C23H25N3O2. The summed E-state index contributed by atoms with van der Waals surface area (Å²) in [5, 5.41) is 5.99. The van der Waals surface area contributed by atoms with Gasteiger partial charge in [0.1, 0.15) is 0 Å². The lowest BCUT2D eigenvalue weighted by atomic mass is 10.1. The van der Waals surface area contributed by atoms with Crippen molar-refractivity contribution < 1.29 is 9.59 Å². The fourth-order valence-corrected chi connectivity index (χ4v) is 3.54. The van der Waals surface area contributed by atoms with Gasteiger partial charge in [-0.25, -0.2) is 5.01 Å². The van der Waals surface area contributed by atoms with Gasteiger partial charge in [0.25, 0.3) is 0 Å². The minimum absolute atomic E-state index is 0.0613. The number of carbonyl (C=O) groups is 2. The summed E-state index contributed by atoms with van der Waals surface area (Å²) >= 11 is 0. The van der Waals surface area contributed by atoms with Crippen LogP contribution in [0.2, 0.25) is 0 Å². The predicted molar refractivity (Wildman–Crippen MR) is 109 cm³/mol. The Morgan fingerprint density at radius 2 is 1.64 bits per heavy atom. The van der Waals surface area contributed by atoms with Crippen molar-refractivity contribution in [2.45, 2.75) is 44.7 Å². The summed E-state index contributed by atoms with van der Waals surface area (Å²) in [7, 11) is 0. The third kappa shape index (κ3) is 4.47. The van der Waals surface area contributed by atoms with Crippen molar-refractivity contribution in [3.05, 3.63) is 71.8 Å². The molecule has 0 spiro atoms. The quantitative estimate of drug-likeness (QED) is 0.743. The molecule has 4 rings (SSSR count). The van der Waals surface area contributed by atoms with Crippen molar-refractivity contribution in [2.24, 2.45) is 5.10 Å². The van der Waals surface area contributed by atoms with E-state index in [0.717, 1.165) is 36.1 Å². The molecular weight excluding hydrogens is 350 g/mol. The minimum atomic E-state index is -0.0743. The van der Waals surface area contributed by atoms with Gasteiger partial charge in [-0.2, -0.15) is 5.10 Å². The molecule has 2 aromatic rings. The molecule has 2 aromatic carbocycles. The highest BCUT2D eigenvalue weighted by molar-refractivity contribution is 6.02. The monoisotopic (exact) mass is 375 g/mol. The molecule has 0 unspecified atom stereocenters. The van der Waals surface area contributed by atoms with Crippen LogP contribution in [-0.4, -0.2) is 40.0 Å². The Kier molecular flexibility index (Phi) is 5.51. The van der Waals surface area contributed by atoms with Crippen LogP contribution >= 0.6 is 0 Å². The molecule has 1 saturated carbocycles. The lowest BCUT2D eigenvalue weighted by molar-refractivity contribution is -0.137. The smallest absolute Gasteiger partial charge is 0.243 e. The van der Waals surface area contributed by atoms with Gasteiger partial charge in [0.2, 0.25) is 11.8 Å². The van der Waals surface area contributed by atoms with Crippen LogP contribution < -0.4 is 0 Å². The molecule has 5 heteroatoms. The fourth-order valence-electron chi connectivity index (χ4n) is 3.54. The molecule has 0 saturated heterocycles. The summed E-state index contributed by atoms with van der Waals surface area (Å²) in [6, 6.07) is 20.3. The fraction of sp³-hybridized carbons (Fsp3) is 0.348. The van der Waals surface area contributed by atoms with E-state index in [1.165, 1.54) is 5.01 Å². The number of carbonyl (C=O) groups excluding carboxylic acids is 2. The van der Waals surface area contributed by atoms with Crippen LogP contribution in [0.5, 0.6) is 0 Å². The molecule has 0 N–H and O–H groups in total. The Bertz CT molecular complexity index is 860. The second kappa shape index (κ2) is 8.38. The van der Waals surface area contributed by atoms with Crippen LogP contribution in [0.4, 0.5) is 0 Å². The zero-order valence-electron chi connectivity index (χ0n) is 16.0. The van der Waals surface area contributed by atoms with Crippen LogP contribution in [0.15, 0.2) is 65.8 Å². The lowest BCUT2D eigenvalue weighted by Gasteiger charge is -2.23. The summed E-state index contributed by atoms with van der Waals surface area (Å²) in [4.78, 5) is 27.2. The zero-order valence-corrected chi connectivity index (χ0v) is 16.0. The molecule has 5 nitrogen and oxygen atoms in total. The maximum atomic E-state index is 12.8. The third-order valence-electron chi connectivity index (χ3n) is 5.25. The largest absolute Gasteiger partial charge is 0.335 e. The van der Waals surface area contributed by atoms with Crippen molar-refractivity contribution in [1.29, 1.82) is 0 Å². The Morgan fingerprint density at radius 1 is 0.964 bits per heavy atom. The predicted octanol–water partition coefficient (Wildman–Crippen LogP) is 3.59. The highest BCUT2D eigenvalue weighted by atomic mass is 16.2. The van der Waals surface area contributed by atoms with E-state index in [0.29, 0.717) is 19.1 Å². The SMILES string of the molecule is O=C(CCC(=O)N(Cc1ccccc1)C1CC1)N1CCC(c2ccccc2)=N1. The van der Waals surface area contributed by atoms with E-state index in [9.17, 15) is 9.59 Å². The number of hydrogen-bond donors (Lipinski definition) is 0. The normalized spacial score (nSPS) is 16.0. The molecule has 1 fully saturated rings. The van der Waals surface area contributed by atoms with E-state index in [1.54, 1.807) is 0 Å². The van der Waals surface area contributed by atoms with Crippen LogP contribution in [0.3, 0.4) is 0 Å². The molecule has 0 aromatic heterocycles. The van der Waals surface area contributed by atoms with Gasteiger partial charge in [-0.3, -0.25) is 9.59 Å². The van der Waals surface area contributed by atoms with Gasteiger partial charge in [-0.1, -0.05) is 60.7 Å². The van der Waals surface area contributed by atoms with E-state index in [2.05, 4.69) is 5.10 Å². The molecule has 0 radical (unpaired) electrons. The number of amides is 2. The van der Waals surface area contributed by atoms with Crippen molar-refractivity contribution >= 4 is 17.5 Å². The molecule has 0 bridgehead atoms. The maximum Gasteiger partial charge on any atom is 0.243 e. The number of nitrogens with zero attached hydrogens (tertiary/aromatic N) is 3. The average Bonchev–Trinajstić information content (AvgIpc) is 3.46. The molecule has 2 amide bonds. The van der Waals surface area contributed by atoms with E-state index in [1.807, 2.05) is 65.6 Å². The van der Waals surface area contributed by atoms with Crippen molar-refractivity contribution in [3.8, 4) is 0 Å². The van der Waals surface area contributed by atoms with E-state index in [-0.39, 0.29) is 24.7 Å². The number of benzene rings is 2. The molecule has 144 valence electrons. The average molecular weight is 375 g/mol. The highest BCUT2D eigenvalue weighted by Crippen LogP contribution is 2.29. The zero-order chi connectivity index (χ0) is 19.3. The molecule has 1 aliphatic heterocycles. The van der Waals surface area contributed by atoms with Crippen LogP contribution in [-0.2, 0) is 16.1 Å². The number of hydrogen-bond acceptors (Lipinski definition) is 3. The first kappa shape index (κ1) is 18.4. The van der Waals surface area contributed by atoms with E-state index in [4.69, 9.17) is 0 Å². The maximum absolute atomic E-state index is 12.8. The second-order valence-corrected chi connectivity index (χ2v) is 7.42. The Labute approximate surface area is 165 Å². The summed E-state index contributed by atoms with van der Waals surface area (Å²) < 4.78 is 0. The van der Waals surface area contributed by atoms with Gasteiger partial charge in [0.05, 0.1) is 12.3 Å². The van der Waals surface area contributed by atoms with Crippen molar-refractivity contribution in [1.82, 2.24) is 9.91 Å². The van der Waals surface area contributed by atoms with E-state index < -0.39 is 0 Å². The van der Waals surface area contributed by atoms with Gasteiger partial charge in [0.15, 0.2) is 0 Å². The third-order valence-corrected chi connectivity index (χ3v) is 5.25.